The van der Waals surface area contributed by atoms with Crippen LogP contribution in [-0.4, -0.2) is 86.9 Å². The minimum absolute atomic E-state index is 0.130. The summed E-state index contributed by atoms with van der Waals surface area (Å²) in [5.41, 5.74) is -1.12. The molecule has 2 aromatic heterocycles. The molecule has 0 saturated carbocycles. The van der Waals surface area contributed by atoms with Crippen LogP contribution in [-0.2, 0) is 16.6 Å². The van der Waals surface area contributed by atoms with Gasteiger partial charge in [0, 0.05) is 44.6 Å². The van der Waals surface area contributed by atoms with Crippen molar-refractivity contribution in [2.45, 2.75) is 31.4 Å². The molecule has 2 aromatic rings. The molecule has 0 aromatic carbocycles. The molecule has 1 N–H and O–H groups in total. The molecular weight excluding hydrogens is 408 g/mol. The highest BCUT2D eigenvalue weighted by Gasteiger charge is 2.41. The molecule has 0 aliphatic carbocycles. The number of rotatable bonds is 6. The van der Waals surface area contributed by atoms with E-state index >= 15 is 0 Å². The van der Waals surface area contributed by atoms with E-state index in [0.29, 0.717) is 37.8 Å². The molecule has 4 heterocycles. The van der Waals surface area contributed by atoms with Gasteiger partial charge in [-0.15, -0.1) is 5.10 Å². The fourth-order valence-electron chi connectivity index (χ4n) is 4.31. The molecular formula is C19H28N6O4S. The molecule has 4 rings (SSSR count). The number of β-amino-alcohol motifs (C(OH)–C–C–N with tert-alkyl or cyclic N) is 1. The van der Waals surface area contributed by atoms with E-state index in [1.165, 1.54) is 21.3 Å². The van der Waals surface area contributed by atoms with Crippen LogP contribution in [0.25, 0.3) is 5.82 Å². The Bertz CT molecular complexity index is 1030. The lowest BCUT2D eigenvalue weighted by Crippen LogP contribution is -2.48. The average Bonchev–Trinajstić information content (AvgIpc) is 3.35. The molecule has 0 radical (unpaired) electrons. The van der Waals surface area contributed by atoms with Crippen LogP contribution < -0.4 is 5.56 Å². The van der Waals surface area contributed by atoms with Crippen molar-refractivity contribution in [1.82, 2.24) is 28.8 Å². The maximum atomic E-state index is 12.2. The summed E-state index contributed by atoms with van der Waals surface area (Å²) in [6, 6.07) is 4.99. The van der Waals surface area contributed by atoms with Crippen molar-refractivity contribution in [3.05, 3.63) is 40.9 Å². The molecule has 2 saturated heterocycles. The van der Waals surface area contributed by atoms with Gasteiger partial charge in [-0.05, 0) is 50.4 Å². The molecule has 0 spiro atoms. The van der Waals surface area contributed by atoms with Crippen LogP contribution >= 0.6 is 0 Å². The van der Waals surface area contributed by atoms with Crippen molar-refractivity contribution in [3.8, 4) is 5.82 Å². The lowest BCUT2D eigenvalue weighted by atomic mass is 9.94. The Morgan fingerprint density at radius 1 is 1.23 bits per heavy atom. The minimum Gasteiger partial charge on any atom is -0.387 e. The van der Waals surface area contributed by atoms with Crippen molar-refractivity contribution in [2.75, 3.05) is 39.0 Å². The van der Waals surface area contributed by atoms with Gasteiger partial charge in [0.2, 0.25) is 10.0 Å². The maximum Gasteiger partial charge on any atom is 0.266 e. The van der Waals surface area contributed by atoms with Crippen LogP contribution in [0.5, 0.6) is 0 Å². The number of likely N-dealkylation sites (tertiary alicyclic amines) is 1. The van der Waals surface area contributed by atoms with Crippen LogP contribution in [0.3, 0.4) is 0 Å². The quantitative estimate of drug-likeness (QED) is 0.652. The summed E-state index contributed by atoms with van der Waals surface area (Å²) in [4.78, 5) is 14.4. The molecule has 2 fully saturated rings. The van der Waals surface area contributed by atoms with Gasteiger partial charge in [-0.2, -0.15) is 9.40 Å². The predicted molar refractivity (Wildman–Crippen MR) is 111 cm³/mol. The second-order valence-electron chi connectivity index (χ2n) is 8.45. The second-order valence-corrected chi connectivity index (χ2v) is 10.4. The third kappa shape index (κ3) is 4.80. The zero-order valence-electron chi connectivity index (χ0n) is 17.1. The second kappa shape index (κ2) is 8.22. The fourth-order valence-corrected chi connectivity index (χ4v) is 5.21. The highest BCUT2D eigenvalue weighted by molar-refractivity contribution is 7.88. The van der Waals surface area contributed by atoms with E-state index in [-0.39, 0.29) is 12.1 Å². The zero-order chi connectivity index (χ0) is 21.4. The van der Waals surface area contributed by atoms with Crippen LogP contribution in [0.4, 0.5) is 0 Å². The molecule has 0 bridgehead atoms. The van der Waals surface area contributed by atoms with Gasteiger partial charge in [0.05, 0.1) is 11.9 Å². The first kappa shape index (κ1) is 21.2. The number of hydrogen-bond donors (Lipinski definition) is 1. The number of piperidine rings is 1. The largest absolute Gasteiger partial charge is 0.387 e. The summed E-state index contributed by atoms with van der Waals surface area (Å²) in [6.07, 6.45) is 6.88. The summed E-state index contributed by atoms with van der Waals surface area (Å²) >= 11 is 0. The third-order valence-electron chi connectivity index (χ3n) is 6.01. The number of nitrogens with zero attached hydrogens (tertiary/aromatic N) is 6. The van der Waals surface area contributed by atoms with E-state index in [4.69, 9.17) is 0 Å². The van der Waals surface area contributed by atoms with Gasteiger partial charge in [0.1, 0.15) is 0 Å². The SMILES string of the molecule is CS(=O)(=O)N1CCC(O)(CN2CCC(Cn3nc(-n4cccn4)ccc3=O)CC2)C1. The van der Waals surface area contributed by atoms with Crippen molar-refractivity contribution < 1.29 is 13.5 Å². The smallest absolute Gasteiger partial charge is 0.266 e. The van der Waals surface area contributed by atoms with Gasteiger partial charge in [-0.3, -0.25) is 4.79 Å². The summed E-state index contributed by atoms with van der Waals surface area (Å²) < 4.78 is 27.9. The van der Waals surface area contributed by atoms with E-state index in [1.807, 2.05) is 0 Å². The topological polar surface area (TPSA) is 114 Å². The Balaban J connectivity index is 1.32. The van der Waals surface area contributed by atoms with Crippen LogP contribution in [0.2, 0.25) is 0 Å². The summed E-state index contributed by atoms with van der Waals surface area (Å²) in [7, 11) is -3.27. The molecule has 11 heteroatoms. The van der Waals surface area contributed by atoms with Crippen molar-refractivity contribution in [2.24, 2.45) is 5.92 Å². The van der Waals surface area contributed by atoms with Gasteiger partial charge < -0.3 is 10.0 Å². The van der Waals surface area contributed by atoms with Crippen LogP contribution in [0.1, 0.15) is 19.3 Å². The Hall–Kier alpha value is -2.08. The fraction of sp³-hybridized carbons (Fsp3) is 0.632. The molecule has 10 nitrogen and oxygen atoms in total. The Kier molecular flexibility index (Phi) is 5.80. The zero-order valence-corrected chi connectivity index (χ0v) is 17.9. The number of aromatic nitrogens is 4. The van der Waals surface area contributed by atoms with Gasteiger partial charge in [-0.25, -0.2) is 17.8 Å². The average molecular weight is 437 g/mol. The first-order valence-corrected chi connectivity index (χ1v) is 12.0. The molecule has 0 amide bonds. The standard InChI is InChI=1S/C19H28N6O4S/c1-30(28,29)23-12-7-19(27,15-23)14-22-10-5-16(6-11-22)13-25-18(26)4-3-17(21-25)24-9-2-8-20-24/h2-4,8-9,16,27H,5-7,10-15H2,1H3. The van der Waals surface area contributed by atoms with E-state index < -0.39 is 15.6 Å². The maximum absolute atomic E-state index is 12.2. The highest BCUT2D eigenvalue weighted by atomic mass is 32.2. The lowest BCUT2D eigenvalue weighted by molar-refractivity contribution is 0.00582. The summed E-state index contributed by atoms with van der Waals surface area (Å²) in [5.74, 6) is 0.931. The monoisotopic (exact) mass is 436 g/mol. The molecule has 2 aliphatic rings. The van der Waals surface area contributed by atoms with E-state index in [0.717, 1.165) is 25.9 Å². The van der Waals surface area contributed by atoms with Crippen molar-refractivity contribution >= 4 is 10.0 Å². The van der Waals surface area contributed by atoms with E-state index in [9.17, 15) is 18.3 Å². The van der Waals surface area contributed by atoms with Gasteiger partial charge in [0.15, 0.2) is 5.82 Å². The Morgan fingerprint density at radius 3 is 2.63 bits per heavy atom. The number of sulfonamides is 1. The molecule has 30 heavy (non-hydrogen) atoms. The Morgan fingerprint density at radius 2 is 2.00 bits per heavy atom. The van der Waals surface area contributed by atoms with Crippen molar-refractivity contribution in [3.63, 3.8) is 0 Å². The van der Waals surface area contributed by atoms with Gasteiger partial charge in [0.25, 0.3) is 5.56 Å². The highest BCUT2D eigenvalue weighted by Crippen LogP contribution is 2.27. The lowest BCUT2D eigenvalue weighted by Gasteiger charge is -2.36. The summed E-state index contributed by atoms with van der Waals surface area (Å²) in [6.45, 7) is 3.16. The molecule has 164 valence electrons. The molecule has 2 aliphatic heterocycles. The van der Waals surface area contributed by atoms with Gasteiger partial charge >= 0.3 is 0 Å². The van der Waals surface area contributed by atoms with Gasteiger partial charge in [-0.1, -0.05) is 0 Å². The minimum atomic E-state index is -3.27. The number of aliphatic hydroxyl groups is 1. The first-order chi connectivity index (χ1) is 14.2. The molecule has 1 atom stereocenters. The number of hydrogen-bond acceptors (Lipinski definition) is 7. The molecule has 1 unspecified atom stereocenters. The van der Waals surface area contributed by atoms with E-state index in [2.05, 4.69) is 15.1 Å². The summed E-state index contributed by atoms with van der Waals surface area (Å²) in [5, 5.41) is 19.4. The van der Waals surface area contributed by atoms with E-state index in [1.54, 1.807) is 29.2 Å². The normalized spacial score (nSPS) is 24.5. The predicted octanol–water partition coefficient (Wildman–Crippen LogP) is -0.463. The Labute approximate surface area is 175 Å². The van der Waals surface area contributed by atoms with Crippen molar-refractivity contribution in [1.29, 1.82) is 0 Å². The first-order valence-electron chi connectivity index (χ1n) is 10.2. The third-order valence-corrected chi connectivity index (χ3v) is 7.26. The van der Waals surface area contributed by atoms with Crippen LogP contribution in [0, 0.1) is 5.92 Å². The van der Waals surface area contributed by atoms with Crippen LogP contribution in [0.15, 0.2) is 35.4 Å².